The Kier molecular flexibility index (Phi) is 4.72. The largest absolute Gasteiger partial charge is 0.437 e. The number of benzene rings is 1. The summed E-state index contributed by atoms with van der Waals surface area (Å²) in [6.07, 6.45) is 1.61. The number of nitro benzene ring substituents is 1. The van der Waals surface area contributed by atoms with Crippen molar-refractivity contribution < 1.29 is 9.66 Å². The van der Waals surface area contributed by atoms with Crippen LogP contribution in [-0.4, -0.2) is 17.0 Å². The van der Waals surface area contributed by atoms with Crippen LogP contribution >= 0.6 is 11.6 Å². The lowest BCUT2D eigenvalue weighted by atomic mass is 10.1. The molecule has 7 heteroatoms. The second-order valence-corrected chi connectivity index (χ2v) is 4.82. The van der Waals surface area contributed by atoms with Gasteiger partial charge in [-0.3, -0.25) is 10.1 Å². The van der Waals surface area contributed by atoms with Crippen LogP contribution in [0.15, 0.2) is 36.5 Å². The molecule has 2 aromatic rings. The van der Waals surface area contributed by atoms with E-state index < -0.39 is 4.92 Å². The number of halogens is 1. The number of ether oxygens (including phenoxy) is 1. The first-order chi connectivity index (χ1) is 10.0. The standard InChI is InChI=1S/C14H14ClN3O3/c1-9(16-2)10-5-6-17-14(7-10)21-13-8-11(18(19)20)3-4-12(13)15/h3-9,16H,1-2H3. The molecule has 0 spiro atoms. The summed E-state index contributed by atoms with van der Waals surface area (Å²) in [6, 6.07) is 7.78. The number of hydrogen-bond donors (Lipinski definition) is 1. The molecule has 1 aromatic carbocycles. The molecule has 21 heavy (non-hydrogen) atoms. The molecule has 0 saturated heterocycles. The van der Waals surface area contributed by atoms with Crippen molar-refractivity contribution in [2.45, 2.75) is 13.0 Å². The minimum absolute atomic E-state index is 0.0888. The quantitative estimate of drug-likeness (QED) is 0.673. The molecule has 0 saturated carbocycles. The monoisotopic (exact) mass is 307 g/mol. The lowest BCUT2D eigenvalue weighted by Gasteiger charge is -2.12. The summed E-state index contributed by atoms with van der Waals surface area (Å²) in [5, 5.41) is 14.2. The highest BCUT2D eigenvalue weighted by Crippen LogP contribution is 2.32. The zero-order valence-electron chi connectivity index (χ0n) is 11.5. The maximum atomic E-state index is 10.8. The van der Waals surface area contributed by atoms with Gasteiger partial charge in [0.2, 0.25) is 5.88 Å². The molecule has 0 amide bonds. The average molecular weight is 308 g/mol. The zero-order valence-corrected chi connectivity index (χ0v) is 12.3. The number of pyridine rings is 1. The third kappa shape index (κ3) is 3.68. The predicted octanol–water partition coefficient (Wildman–Crippen LogP) is 3.72. The van der Waals surface area contributed by atoms with Gasteiger partial charge in [0.05, 0.1) is 16.0 Å². The van der Waals surface area contributed by atoms with Crippen LogP contribution < -0.4 is 10.1 Å². The van der Waals surface area contributed by atoms with Crippen LogP contribution in [0.4, 0.5) is 5.69 Å². The molecule has 0 radical (unpaired) electrons. The van der Waals surface area contributed by atoms with Gasteiger partial charge in [-0.15, -0.1) is 0 Å². The fourth-order valence-electron chi connectivity index (χ4n) is 1.71. The summed E-state index contributed by atoms with van der Waals surface area (Å²) >= 11 is 5.99. The SMILES string of the molecule is CNC(C)c1ccnc(Oc2cc([N+](=O)[O-])ccc2Cl)c1. The molecule has 1 N–H and O–H groups in total. The van der Waals surface area contributed by atoms with Crippen molar-refractivity contribution in [3.05, 3.63) is 57.2 Å². The van der Waals surface area contributed by atoms with Crippen LogP contribution in [-0.2, 0) is 0 Å². The van der Waals surface area contributed by atoms with Crippen LogP contribution in [0.1, 0.15) is 18.5 Å². The van der Waals surface area contributed by atoms with Crippen LogP contribution in [0, 0.1) is 10.1 Å². The maximum absolute atomic E-state index is 10.8. The van der Waals surface area contributed by atoms with Gasteiger partial charge in [-0.25, -0.2) is 4.98 Å². The number of nitro groups is 1. The topological polar surface area (TPSA) is 77.3 Å². The van der Waals surface area contributed by atoms with Crippen molar-refractivity contribution in [1.29, 1.82) is 0 Å². The third-order valence-corrected chi connectivity index (χ3v) is 3.34. The fourth-order valence-corrected chi connectivity index (χ4v) is 1.87. The first kappa shape index (κ1) is 15.2. The molecule has 0 aliphatic carbocycles. The molecule has 2 rings (SSSR count). The molecule has 1 heterocycles. The second-order valence-electron chi connectivity index (χ2n) is 4.41. The Hall–Kier alpha value is -2.18. The van der Waals surface area contributed by atoms with Gasteiger partial charge in [0.1, 0.15) is 0 Å². The number of nitrogens with zero attached hydrogens (tertiary/aromatic N) is 2. The van der Waals surface area contributed by atoms with Gasteiger partial charge in [0, 0.05) is 24.4 Å². The first-order valence-corrected chi connectivity index (χ1v) is 6.64. The fraction of sp³-hybridized carbons (Fsp3) is 0.214. The molecule has 0 aliphatic heterocycles. The molecular formula is C14H14ClN3O3. The molecule has 1 unspecified atom stereocenters. The molecule has 0 fully saturated rings. The Bertz CT molecular complexity index is 664. The van der Waals surface area contributed by atoms with E-state index in [-0.39, 0.29) is 22.5 Å². The highest BCUT2D eigenvalue weighted by atomic mass is 35.5. The van der Waals surface area contributed by atoms with E-state index in [9.17, 15) is 10.1 Å². The minimum Gasteiger partial charge on any atom is -0.437 e. The molecule has 110 valence electrons. The first-order valence-electron chi connectivity index (χ1n) is 6.26. The lowest BCUT2D eigenvalue weighted by molar-refractivity contribution is -0.384. The normalized spacial score (nSPS) is 12.0. The van der Waals surface area contributed by atoms with Gasteiger partial charge < -0.3 is 10.1 Å². The van der Waals surface area contributed by atoms with Crippen LogP contribution in [0.5, 0.6) is 11.6 Å². The summed E-state index contributed by atoms with van der Waals surface area (Å²) in [6.45, 7) is 2.00. The summed E-state index contributed by atoms with van der Waals surface area (Å²) in [5.74, 6) is 0.532. The number of non-ortho nitro benzene ring substituents is 1. The van der Waals surface area contributed by atoms with Gasteiger partial charge >= 0.3 is 0 Å². The number of rotatable bonds is 5. The Morgan fingerprint density at radius 2 is 2.14 bits per heavy atom. The molecule has 0 aliphatic rings. The van der Waals surface area contributed by atoms with Crippen LogP contribution in [0.3, 0.4) is 0 Å². The maximum Gasteiger partial charge on any atom is 0.273 e. The van der Waals surface area contributed by atoms with Crippen molar-refractivity contribution in [3.8, 4) is 11.6 Å². The summed E-state index contributed by atoms with van der Waals surface area (Å²) in [7, 11) is 1.85. The van der Waals surface area contributed by atoms with Crippen LogP contribution in [0.2, 0.25) is 5.02 Å². The second kappa shape index (κ2) is 6.51. The van der Waals surface area contributed by atoms with Crippen molar-refractivity contribution >= 4 is 17.3 Å². The van der Waals surface area contributed by atoms with Gasteiger partial charge in [-0.05, 0) is 31.7 Å². The van der Waals surface area contributed by atoms with E-state index in [2.05, 4.69) is 10.3 Å². The Morgan fingerprint density at radius 1 is 1.38 bits per heavy atom. The lowest BCUT2D eigenvalue weighted by Crippen LogP contribution is -2.12. The van der Waals surface area contributed by atoms with E-state index in [1.807, 2.05) is 20.0 Å². The molecular weight excluding hydrogens is 294 g/mol. The van der Waals surface area contributed by atoms with Gasteiger partial charge in [-0.1, -0.05) is 11.6 Å². The Balaban J connectivity index is 2.29. The van der Waals surface area contributed by atoms with Gasteiger partial charge in [0.15, 0.2) is 5.75 Å². The van der Waals surface area contributed by atoms with Crippen molar-refractivity contribution in [1.82, 2.24) is 10.3 Å². The van der Waals surface area contributed by atoms with E-state index in [0.29, 0.717) is 5.88 Å². The van der Waals surface area contributed by atoms with Gasteiger partial charge in [-0.2, -0.15) is 0 Å². The molecule has 1 aromatic heterocycles. The third-order valence-electron chi connectivity index (χ3n) is 3.03. The van der Waals surface area contributed by atoms with E-state index in [1.54, 1.807) is 12.3 Å². The van der Waals surface area contributed by atoms with E-state index in [1.165, 1.54) is 18.2 Å². The Morgan fingerprint density at radius 3 is 2.81 bits per heavy atom. The minimum atomic E-state index is -0.504. The smallest absolute Gasteiger partial charge is 0.273 e. The van der Waals surface area contributed by atoms with Crippen molar-refractivity contribution in [2.24, 2.45) is 0 Å². The van der Waals surface area contributed by atoms with Crippen LogP contribution in [0.25, 0.3) is 0 Å². The summed E-state index contributed by atoms with van der Waals surface area (Å²) in [5.41, 5.74) is 0.901. The van der Waals surface area contributed by atoms with E-state index in [0.717, 1.165) is 5.56 Å². The average Bonchev–Trinajstić information content (AvgIpc) is 2.48. The van der Waals surface area contributed by atoms with Crippen molar-refractivity contribution in [2.75, 3.05) is 7.05 Å². The summed E-state index contributed by atoms with van der Waals surface area (Å²) < 4.78 is 5.56. The molecule has 6 nitrogen and oxygen atoms in total. The number of hydrogen-bond acceptors (Lipinski definition) is 5. The van der Waals surface area contributed by atoms with Crippen molar-refractivity contribution in [3.63, 3.8) is 0 Å². The highest BCUT2D eigenvalue weighted by molar-refractivity contribution is 6.32. The Labute approximate surface area is 126 Å². The zero-order chi connectivity index (χ0) is 15.4. The predicted molar refractivity (Wildman–Crippen MR) is 79.9 cm³/mol. The summed E-state index contributed by atoms with van der Waals surface area (Å²) in [4.78, 5) is 14.4. The van der Waals surface area contributed by atoms with E-state index >= 15 is 0 Å². The molecule has 0 bridgehead atoms. The number of aromatic nitrogens is 1. The highest BCUT2D eigenvalue weighted by Gasteiger charge is 2.13. The van der Waals surface area contributed by atoms with Gasteiger partial charge in [0.25, 0.3) is 5.69 Å². The number of nitrogens with one attached hydrogen (secondary N) is 1. The molecule has 1 atom stereocenters. The van der Waals surface area contributed by atoms with E-state index in [4.69, 9.17) is 16.3 Å².